The van der Waals surface area contributed by atoms with Crippen LogP contribution in [0.4, 0.5) is 0 Å². The molecule has 1 aliphatic carbocycles. The number of halogens is 2. The van der Waals surface area contributed by atoms with Crippen LogP contribution in [0.2, 0.25) is 0 Å². The molecule has 8 nitrogen and oxygen atoms in total. The van der Waals surface area contributed by atoms with E-state index in [1.165, 1.54) is 24.5 Å². The van der Waals surface area contributed by atoms with Crippen molar-refractivity contribution in [1.29, 1.82) is 0 Å². The molecular formula is C20H29Cl2N5O3. The minimum atomic E-state index is -0.448. The number of nitrogens with one attached hydrogen (secondary N) is 1. The Morgan fingerprint density at radius 1 is 1.10 bits per heavy atom. The van der Waals surface area contributed by atoms with Crippen molar-refractivity contribution in [2.75, 3.05) is 19.6 Å². The highest BCUT2D eigenvalue weighted by Gasteiger charge is 2.27. The largest absolute Gasteiger partial charge is 0.337 e. The Kier molecular flexibility index (Phi) is 7.71. The van der Waals surface area contributed by atoms with Crippen molar-refractivity contribution < 1.29 is 4.79 Å². The van der Waals surface area contributed by atoms with E-state index < -0.39 is 5.69 Å². The molecule has 1 aliphatic heterocycles. The number of aromatic nitrogens is 3. The van der Waals surface area contributed by atoms with Gasteiger partial charge in [0.05, 0.1) is 5.39 Å². The summed E-state index contributed by atoms with van der Waals surface area (Å²) in [5, 5.41) is 3.99. The smallest absolute Gasteiger partial charge is 0.332 e. The number of hydrogen-bond donors (Lipinski definition) is 1. The van der Waals surface area contributed by atoms with Crippen LogP contribution in [-0.4, -0.2) is 50.6 Å². The zero-order valence-electron chi connectivity index (χ0n) is 17.5. The Morgan fingerprint density at radius 3 is 2.33 bits per heavy atom. The minimum Gasteiger partial charge on any atom is -0.337 e. The van der Waals surface area contributed by atoms with E-state index in [9.17, 15) is 14.4 Å². The molecule has 1 saturated heterocycles. The monoisotopic (exact) mass is 457 g/mol. The SMILES string of the molecule is Cc1cc(C(=O)N2CCC(NCC3CC3)CC2)nc2c1c(=O)n(C)c(=O)n2C.Cl.Cl. The van der Waals surface area contributed by atoms with Crippen LogP contribution < -0.4 is 16.6 Å². The van der Waals surface area contributed by atoms with Crippen LogP contribution in [0.3, 0.4) is 0 Å². The number of pyridine rings is 1. The van der Waals surface area contributed by atoms with Crippen molar-refractivity contribution in [2.24, 2.45) is 20.0 Å². The second-order valence-corrected chi connectivity index (χ2v) is 8.15. The van der Waals surface area contributed by atoms with Crippen LogP contribution >= 0.6 is 24.8 Å². The summed E-state index contributed by atoms with van der Waals surface area (Å²) in [6, 6.07) is 2.13. The number of nitrogens with zero attached hydrogens (tertiary/aromatic N) is 4. The number of amides is 1. The normalized spacial score (nSPS) is 16.8. The Morgan fingerprint density at radius 2 is 1.73 bits per heavy atom. The molecule has 30 heavy (non-hydrogen) atoms. The van der Waals surface area contributed by atoms with E-state index in [-0.39, 0.29) is 47.6 Å². The summed E-state index contributed by atoms with van der Waals surface area (Å²) in [4.78, 5) is 43.9. The molecule has 1 amide bonds. The lowest BCUT2D eigenvalue weighted by Gasteiger charge is -2.32. The first-order chi connectivity index (χ1) is 13.4. The van der Waals surface area contributed by atoms with Crippen molar-refractivity contribution in [3.05, 3.63) is 38.2 Å². The summed E-state index contributed by atoms with van der Waals surface area (Å²) in [6.45, 7) is 4.25. The average molecular weight is 458 g/mol. The standard InChI is InChI=1S/C20H27N5O3.2ClH/c1-12-10-15(22-17-16(12)19(27)24(3)20(28)23(17)2)18(26)25-8-6-14(7-9-25)21-11-13-4-5-13;;/h10,13-14,21H,4-9,11H2,1-3H3;2*1H. The molecule has 0 unspecified atom stereocenters. The Balaban J connectivity index is 0.00000160. The third kappa shape index (κ3) is 4.55. The zero-order chi connectivity index (χ0) is 20.0. The van der Waals surface area contributed by atoms with Gasteiger partial charge in [0.25, 0.3) is 11.5 Å². The Bertz CT molecular complexity index is 1050. The molecule has 2 aromatic heterocycles. The zero-order valence-corrected chi connectivity index (χ0v) is 19.1. The number of aryl methyl sites for hydroxylation is 2. The first kappa shape index (κ1) is 24.4. The second-order valence-electron chi connectivity index (χ2n) is 8.15. The van der Waals surface area contributed by atoms with Gasteiger partial charge in [0.1, 0.15) is 11.3 Å². The molecule has 1 saturated carbocycles. The van der Waals surface area contributed by atoms with Gasteiger partial charge in [-0.15, -0.1) is 24.8 Å². The van der Waals surface area contributed by atoms with Crippen LogP contribution in [-0.2, 0) is 14.1 Å². The topological polar surface area (TPSA) is 89.2 Å². The Hall–Kier alpha value is -1.90. The van der Waals surface area contributed by atoms with Crippen molar-refractivity contribution in [2.45, 2.75) is 38.6 Å². The fourth-order valence-electron chi connectivity index (χ4n) is 3.95. The summed E-state index contributed by atoms with van der Waals surface area (Å²) < 4.78 is 2.40. The molecule has 2 aromatic rings. The van der Waals surface area contributed by atoms with Gasteiger partial charge >= 0.3 is 5.69 Å². The first-order valence-corrected chi connectivity index (χ1v) is 9.97. The van der Waals surface area contributed by atoms with Crippen molar-refractivity contribution >= 4 is 41.8 Å². The number of carbonyl (C=O) groups excluding carboxylic acids is 1. The highest BCUT2D eigenvalue weighted by atomic mass is 35.5. The molecular weight excluding hydrogens is 429 g/mol. The van der Waals surface area contributed by atoms with Gasteiger partial charge in [-0.05, 0) is 56.7 Å². The number of carbonyl (C=O) groups is 1. The molecule has 166 valence electrons. The molecule has 0 radical (unpaired) electrons. The van der Waals surface area contributed by atoms with Gasteiger partial charge in [0.15, 0.2) is 0 Å². The maximum absolute atomic E-state index is 13.0. The van der Waals surface area contributed by atoms with Gasteiger partial charge in [0, 0.05) is 33.2 Å². The predicted octanol–water partition coefficient (Wildman–Crippen LogP) is 1.39. The van der Waals surface area contributed by atoms with Gasteiger partial charge in [-0.3, -0.25) is 18.7 Å². The van der Waals surface area contributed by atoms with Gasteiger partial charge in [-0.25, -0.2) is 9.78 Å². The Labute approximate surface area is 187 Å². The lowest BCUT2D eigenvalue weighted by atomic mass is 10.0. The fourth-order valence-corrected chi connectivity index (χ4v) is 3.95. The average Bonchev–Trinajstić information content (AvgIpc) is 3.53. The second kappa shape index (κ2) is 9.49. The molecule has 4 rings (SSSR count). The number of rotatable bonds is 4. The number of hydrogen-bond acceptors (Lipinski definition) is 5. The van der Waals surface area contributed by atoms with Crippen LogP contribution in [0, 0.1) is 12.8 Å². The molecule has 1 N–H and O–H groups in total. The van der Waals surface area contributed by atoms with Gasteiger partial charge in [-0.1, -0.05) is 0 Å². The number of piperidine rings is 1. The lowest BCUT2D eigenvalue weighted by molar-refractivity contribution is 0.0699. The quantitative estimate of drug-likeness (QED) is 0.748. The highest BCUT2D eigenvalue weighted by Crippen LogP contribution is 2.28. The first-order valence-electron chi connectivity index (χ1n) is 9.97. The van der Waals surface area contributed by atoms with E-state index >= 15 is 0 Å². The molecule has 0 spiro atoms. The summed E-state index contributed by atoms with van der Waals surface area (Å²) in [5.74, 6) is 0.711. The highest BCUT2D eigenvalue weighted by molar-refractivity contribution is 5.95. The summed E-state index contributed by atoms with van der Waals surface area (Å²) >= 11 is 0. The van der Waals surface area contributed by atoms with E-state index in [0.29, 0.717) is 30.1 Å². The van der Waals surface area contributed by atoms with Crippen molar-refractivity contribution in [3.8, 4) is 0 Å². The number of likely N-dealkylation sites (tertiary alicyclic amines) is 1. The lowest BCUT2D eigenvalue weighted by Crippen LogP contribution is -2.45. The molecule has 2 aliphatic rings. The van der Waals surface area contributed by atoms with E-state index in [1.54, 1.807) is 20.0 Å². The van der Waals surface area contributed by atoms with Crippen LogP contribution in [0.25, 0.3) is 11.0 Å². The van der Waals surface area contributed by atoms with E-state index in [0.717, 1.165) is 29.9 Å². The fraction of sp³-hybridized carbons (Fsp3) is 0.600. The van der Waals surface area contributed by atoms with Crippen LogP contribution in [0.15, 0.2) is 15.7 Å². The molecule has 0 atom stereocenters. The van der Waals surface area contributed by atoms with E-state index in [2.05, 4.69) is 10.3 Å². The van der Waals surface area contributed by atoms with E-state index in [1.807, 2.05) is 4.90 Å². The third-order valence-electron chi connectivity index (χ3n) is 6.00. The molecule has 0 bridgehead atoms. The van der Waals surface area contributed by atoms with Crippen molar-refractivity contribution in [1.82, 2.24) is 24.3 Å². The van der Waals surface area contributed by atoms with Gasteiger partial charge in [-0.2, -0.15) is 0 Å². The molecule has 3 heterocycles. The summed E-state index contributed by atoms with van der Waals surface area (Å²) in [6.07, 6.45) is 4.54. The summed E-state index contributed by atoms with van der Waals surface area (Å²) in [7, 11) is 3.02. The van der Waals surface area contributed by atoms with Crippen molar-refractivity contribution in [3.63, 3.8) is 0 Å². The maximum atomic E-state index is 13.0. The van der Waals surface area contributed by atoms with E-state index in [4.69, 9.17) is 0 Å². The predicted molar refractivity (Wildman–Crippen MR) is 121 cm³/mol. The molecule has 0 aromatic carbocycles. The maximum Gasteiger partial charge on any atom is 0.332 e. The molecule has 2 fully saturated rings. The van der Waals surface area contributed by atoms with Crippen LogP contribution in [0.1, 0.15) is 41.7 Å². The van der Waals surface area contributed by atoms with Gasteiger partial charge < -0.3 is 10.2 Å². The third-order valence-corrected chi connectivity index (χ3v) is 6.00. The van der Waals surface area contributed by atoms with Crippen LogP contribution in [0.5, 0.6) is 0 Å². The summed E-state index contributed by atoms with van der Waals surface area (Å²) in [5.41, 5.74) is 0.377. The molecule has 10 heteroatoms. The minimum absolute atomic E-state index is 0. The number of fused-ring (bicyclic) bond motifs is 1. The van der Waals surface area contributed by atoms with Gasteiger partial charge in [0.2, 0.25) is 0 Å².